The average molecular weight is 623 g/mol. The first-order chi connectivity index (χ1) is 23.7. The van der Waals surface area contributed by atoms with E-state index in [2.05, 4.69) is 146 Å². The molecular weight excluding hydrogens is 588 g/mol. The molecule has 0 saturated heterocycles. The third kappa shape index (κ3) is 4.83. The van der Waals surface area contributed by atoms with Crippen LogP contribution in [-0.4, -0.2) is 21.3 Å². The number of hydrogen-bond acceptors (Lipinski definition) is 3. The van der Waals surface area contributed by atoms with Crippen LogP contribution in [0.1, 0.15) is 0 Å². The second-order valence-corrected chi connectivity index (χ2v) is 11.9. The molecule has 48 heavy (non-hydrogen) atoms. The van der Waals surface area contributed by atoms with Gasteiger partial charge in [-0.3, -0.25) is 0 Å². The van der Waals surface area contributed by atoms with Gasteiger partial charge < -0.3 is 14.2 Å². The van der Waals surface area contributed by atoms with E-state index in [9.17, 15) is 0 Å². The van der Waals surface area contributed by atoms with Crippen molar-refractivity contribution in [2.45, 2.75) is 0 Å². The molecule has 0 bridgehead atoms. The van der Waals surface area contributed by atoms with Crippen molar-refractivity contribution in [2.24, 2.45) is 0 Å². The predicted octanol–water partition coefficient (Wildman–Crippen LogP) is 11.8. The average Bonchev–Trinajstić information content (AvgIpc) is 3.16. The van der Waals surface area contributed by atoms with Crippen LogP contribution in [0.5, 0.6) is 17.2 Å². The van der Waals surface area contributed by atoms with Crippen molar-refractivity contribution in [2.75, 3.05) is 21.3 Å². The monoisotopic (exact) mass is 622 g/mol. The largest absolute Gasteiger partial charge is 0.497 e. The molecular formula is C45H34O3. The highest BCUT2D eigenvalue weighted by molar-refractivity contribution is 6.33. The lowest BCUT2D eigenvalue weighted by Gasteiger charge is -2.25. The maximum atomic E-state index is 5.79. The van der Waals surface area contributed by atoms with Crippen molar-refractivity contribution in [1.82, 2.24) is 0 Å². The molecule has 0 heterocycles. The molecule has 8 aromatic carbocycles. The third-order valence-corrected chi connectivity index (χ3v) is 9.36. The molecule has 0 radical (unpaired) electrons. The zero-order valence-corrected chi connectivity index (χ0v) is 27.2. The lowest BCUT2D eigenvalue weighted by atomic mass is 9.77. The van der Waals surface area contributed by atoms with Crippen molar-refractivity contribution in [3.8, 4) is 61.8 Å². The summed E-state index contributed by atoms with van der Waals surface area (Å²) in [6, 6.07) is 53.8. The Morgan fingerprint density at radius 2 is 0.646 bits per heavy atom. The molecule has 0 saturated carbocycles. The SMILES string of the molecule is COc1ccc(-c2c3ccccc3c(-c3ccc(OC)cc3)c3c(-c4cccc(OC)c4)c4ccccc4c(-c4ccccc4)c23)cc1. The van der Waals surface area contributed by atoms with Gasteiger partial charge in [-0.2, -0.15) is 0 Å². The Morgan fingerprint density at radius 3 is 1.06 bits per heavy atom. The summed E-state index contributed by atoms with van der Waals surface area (Å²) in [6.45, 7) is 0. The van der Waals surface area contributed by atoms with Crippen LogP contribution in [-0.2, 0) is 0 Å². The fraction of sp³-hybridized carbons (Fsp3) is 0.0667. The van der Waals surface area contributed by atoms with Crippen LogP contribution < -0.4 is 14.2 Å². The zero-order valence-electron chi connectivity index (χ0n) is 27.2. The summed E-state index contributed by atoms with van der Waals surface area (Å²) in [5, 5.41) is 7.13. The first-order valence-corrected chi connectivity index (χ1v) is 16.1. The third-order valence-electron chi connectivity index (χ3n) is 9.36. The van der Waals surface area contributed by atoms with E-state index in [0.29, 0.717) is 0 Å². The Morgan fingerprint density at radius 1 is 0.292 bits per heavy atom. The first kappa shape index (κ1) is 29.3. The number of benzene rings is 8. The number of hydrogen-bond donors (Lipinski definition) is 0. The maximum absolute atomic E-state index is 5.79. The number of methoxy groups -OCH3 is 3. The van der Waals surface area contributed by atoms with Crippen LogP contribution in [0.3, 0.4) is 0 Å². The van der Waals surface area contributed by atoms with Crippen molar-refractivity contribution >= 4 is 32.3 Å². The molecule has 0 aliphatic carbocycles. The summed E-state index contributed by atoms with van der Waals surface area (Å²) >= 11 is 0. The van der Waals surface area contributed by atoms with Crippen LogP contribution in [0, 0.1) is 0 Å². The first-order valence-electron chi connectivity index (χ1n) is 16.1. The Kier molecular flexibility index (Phi) is 7.51. The predicted molar refractivity (Wildman–Crippen MR) is 200 cm³/mol. The summed E-state index contributed by atoms with van der Waals surface area (Å²) in [7, 11) is 5.15. The van der Waals surface area contributed by atoms with Gasteiger partial charge in [0.2, 0.25) is 0 Å². The smallest absolute Gasteiger partial charge is 0.119 e. The van der Waals surface area contributed by atoms with Crippen molar-refractivity contribution in [1.29, 1.82) is 0 Å². The molecule has 0 fully saturated rings. The van der Waals surface area contributed by atoms with E-state index in [1.807, 2.05) is 6.07 Å². The molecule has 0 amide bonds. The lowest BCUT2D eigenvalue weighted by molar-refractivity contribution is 0.415. The van der Waals surface area contributed by atoms with Crippen molar-refractivity contribution in [3.63, 3.8) is 0 Å². The van der Waals surface area contributed by atoms with E-state index in [1.54, 1.807) is 21.3 Å². The minimum atomic E-state index is 0.819. The molecule has 0 aromatic heterocycles. The summed E-state index contributed by atoms with van der Waals surface area (Å²) in [6.07, 6.45) is 0. The van der Waals surface area contributed by atoms with Crippen LogP contribution >= 0.6 is 0 Å². The number of ether oxygens (including phenoxy) is 3. The van der Waals surface area contributed by atoms with Gasteiger partial charge in [0.1, 0.15) is 17.2 Å². The highest BCUT2D eigenvalue weighted by Gasteiger charge is 2.26. The van der Waals surface area contributed by atoms with Gasteiger partial charge in [-0.1, -0.05) is 115 Å². The molecule has 0 aliphatic rings. The minimum absolute atomic E-state index is 0.819. The standard InChI is InChI=1S/C45H34O3/c1-46-33-24-20-30(21-25-33)41-36-16-7-8-17-37(36)42(31-22-26-34(47-2)27-23-31)45-43(32-14-11-15-35(28-32)48-3)39-19-10-9-18-38(39)40(44(41)45)29-12-5-4-6-13-29/h4-28H,1-3H3. The van der Waals surface area contributed by atoms with Gasteiger partial charge in [0.05, 0.1) is 21.3 Å². The molecule has 0 unspecified atom stereocenters. The van der Waals surface area contributed by atoms with E-state index in [-0.39, 0.29) is 0 Å². The van der Waals surface area contributed by atoms with Gasteiger partial charge in [-0.05, 0) is 113 Å². The van der Waals surface area contributed by atoms with E-state index in [0.717, 1.165) is 33.9 Å². The lowest BCUT2D eigenvalue weighted by Crippen LogP contribution is -1.98. The second-order valence-electron chi connectivity index (χ2n) is 11.9. The van der Waals surface area contributed by atoms with Crippen molar-refractivity contribution in [3.05, 3.63) is 152 Å². The molecule has 8 aromatic rings. The Labute approximate surface area is 280 Å². The van der Waals surface area contributed by atoms with Crippen LogP contribution in [0.2, 0.25) is 0 Å². The van der Waals surface area contributed by atoms with E-state index < -0.39 is 0 Å². The normalized spacial score (nSPS) is 11.2. The highest BCUT2D eigenvalue weighted by Crippen LogP contribution is 2.53. The van der Waals surface area contributed by atoms with Gasteiger partial charge in [-0.15, -0.1) is 0 Å². The van der Waals surface area contributed by atoms with E-state index in [4.69, 9.17) is 14.2 Å². The summed E-state index contributed by atoms with van der Waals surface area (Å²) in [4.78, 5) is 0. The van der Waals surface area contributed by atoms with Gasteiger partial charge in [0.25, 0.3) is 0 Å². The molecule has 3 nitrogen and oxygen atoms in total. The number of fused-ring (bicyclic) bond motifs is 3. The van der Waals surface area contributed by atoms with E-state index >= 15 is 0 Å². The van der Waals surface area contributed by atoms with Gasteiger partial charge in [-0.25, -0.2) is 0 Å². The van der Waals surface area contributed by atoms with Gasteiger partial charge in [0.15, 0.2) is 0 Å². The molecule has 0 spiro atoms. The minimum Gasteiger partial charge on any atom is -0.497 e. The maximum Gasteiger partial charge on any atom is 0.119 e. The molecule has 8 rings (SSSR count). The molecule has 0 aliphatic heterocycles. The quantitative estimate of drug-likeness (QED) is 0.166. The summed E-state index contributed by atoms with van der Waals surface area (Å²) in [5.74, 6) is 2.47. The van der Waals surface area contributed by atoms with E-state index in [1.165, 1.54) is 60.1 Å². The topological polar surface area (TPSA) is 27.7 Å². The Hall–Kier alpha value is -6.06. The second kappa shape index (κ2) is 12.3. The van der Waals surface area contributed by atoms with Gasteiger partial charge in [0, 0.05) is 0 Å². The molecule has 232 valence electrons. The fourth-order valence-electron chi connectivity index (χ4n) is 7.23. The molecule has 0 atom stereocenters. The summed E-state index contributed by atoms with van der Waals surface area (Å²) in [5.41, 5.74) is 9.27. The van der Waals surface area contributed by atoms with Crippen LogP contribution in [0.4, 0.5) is 0 Å². The fourth-order valence-corrected chi connectivity index (χ4v) is 7.23. The van der Waals surface area contributed by atoms with Crippen LogP contribution in [0.15, 0.2) is 152 Å². The zero-order chi connectivity index (χ0) is 32.6. The Bertz CT molecular complexity index is 2430. The summed E-state index contributed by atoms with van der Waals surface area (Å²) < 4.78 is 17.0. The number of rotatable bonds is 7. The van der Waals surface area contributed by atoms with Gasteiger partial charge >= 0.3 is 0 Å². The molecule has 3 heteroatoms. The van der Waals surface area contributed by atoms with Crippen LogP contribution in [0.25, 0.3) is 76.8 Å². The Balaban J connectivity index is 1.71. The molecule has 0 N–H and O–H groups in total. The highest BCUT2D eigenvalue weighted by atomic mass is 16.5. The van der Waals surface area contributed by atoms with Crippen molar-refractivity contribution < 1.29 is 14.2 Å².